The van der Waals surface area contributed by atoms with Crippen LogP contribution in [0, 0.1) is 13.8 Å². The zero-order valence-corrected chi connectivity index (χ0v) is 8.37. The summed E-state index contributed by atoms with van der Waals surface area (Å²) in [6.07, 6.45) is -0.00551. The summed E-state index contributed by atoms with van der Waals surface area (Å²) < 4.78 is 4.49. The molecule has 0 aliphatic heterocycles. The molecule has 0 fully saturated rings. The molecule has 0 aromatic carbocycles. The molecule has 0 amide bonds. The first kappa shape index (κ1) is 10.4. The van der Waals surface area contributed by atoms with Gasteiger partial charge in [-0.25, -0.2) is 4.98 Å². The summed E-state index contributed by atoms with van der Waals surface area (Å²) in [5, 5.41) is 9.46. The lowest BCUT2D eigenvalue weighted by atomic mass is 10.1. The lowest BCUT2D eigenvalue weighted by Gasteiger charge is -2.06. The monoisotopic (exact) mass is 196 g/mol. The largest absolute Gasteiger partial charge is 0.493 e. The first-order valence-corrected chi connectivity index (χ1v) is 4.14. The summed E-state index contributed by atoms with van der Waals surface area (Å²) in [5.41, 5.74) is 1.02. The Labute approximate surface area is 81.8 Å². The van der Waals surface area contributed by atoms with Gasteiger partial charge >= 0.3 is 5.97 Å². The van der Waals surface area contributed by atoms with Crippen LogP contribution in [-0.4, -0.2) is 28.2 Å². The van der Waals surface area contributed by atoms with Crippen LogP contribution in [0.25, 0.3) is 0 Å². The van der Waals surface area contributed by atoms with Gasteiger partial charge in [-0.3, -0.25) is 4.79 Å². The summed E-state index contributed by atoms with van der Waals surface area (Å²) in [4.78, 5) is 18.8. The number of carbonyl (C=O) groups excluding carboxylic acids is 1. The number of carbonyl (C=O) groups is 1. The molecule has 1 aromatic heterocycles. The molecule has 0 spiro atoms. The number of nitrogens with zero attached hydrogens (tertiary/aromatic N) is 2. The quantitative estimate of drug-likeness (QED) is 0.698. The minimum atomic E-state index is -0.421. The number of esters is 1. The Kier molecular flexibility index (Phi) is 3.01. The van der Waals surface area contributed by atoms with E-state index in [0.29, 0.717) is 17.1 Å². The first-order chi connectivity index (χ1) is 6.54. The van der Waals surface area contributed by atoms with Gasteiger partial charge < -0.3 is 9.84 Å². The van der Waals surface area contributed by atoms with Crippen LogP contribution in [0.5, 0.6) is 5.88 Å². The third kappa shape index (κ3) is 2.18. The molecule has 1 heterocycles. The van der Waals surface area contributed by atoms with Crippen molar-refractivity contribution >= 4 is 5.97 Å². The fraction of sp³-hybridized carbons (Fsp3) is 0.444. The second-order valence-electron chi connectivity index (χ2n) is 2.91. The Morgan fingerprint density at radius 1 is 1.43 bits per heavy atom. The number of aryl methyl sites for hydroxylation is 2. The van der Waals surface area contributed by atoms with E-state index >= 15 is 0 Å². The minimum Gasteiger partial charge on any atom is -0.493 e. The third-order valence-corrected chi connectivity index (χ3v) is 1.85. The highest BCUT2D eigenvalue weighted by molar-refractivity contribution is 5.73. The van der Waals surface area contributed by atoms with E-state index in [4.69, 9.17) is 0 Å². The van der Waals surface area contributed by atoms with Gasteiger partial charge in [0.05, 0.1) is 13.5 Å². The molecule has 1 rings (SSSR count). The van der Waals surface area contributed by atoms with Crippen molar-refractivity contribution in [1.82, 2.24) is 9.97 Å². The Balaban J connectivity index is 3.02. The van der Waals surface area contributed by atoms with Crippen molar-refractivity contribution in [3.8, 4) is 5.88 Å². The smallest absolute Gasteiger partial charge is 0.310 e. The Morgan fingerprint density at radius 2 is 2.07 bits per heavy atom. The fourth-order valence-electron chi connectivity index (χ4n) is 1.14. The van der Waals surface area contributed by atoms with E-state index in [1.165, 1.54) is 7.11 Å². The molecule has 0 atom stereocenters. The lowest BCUT2D eigenvalue weighted by molar-refractivity contribution is -0.139. The van der Waals surface area contributed by atoms with E-state index in [-0.39, 0.29) is 12.3 Å². The van der Waals surface area contributed by atoms with Crippen LogP contribution < -0.4 is 0 Å². The van der Waals surface area contributed by atoms with Crippen LogP contribution in [0.4, 0.5) is 0 Å². The van der Waals surface area contributed by atoms with Gasteiger partial charge in [0.15, 0.2) is 0 Å². The van der Waals surface area contributed by atoms with Crippen LogP contribution in [0.15, 0.2) is 0 Å². The summed E-state index contributed by atoms with van der Waals surface area (Å²) in [6, 6.07) is 0. The first-order valence-electron chi connectivity index (χ1n) is 4.14. The zero-order valence-electron chi connectivity index (χ0n) is 8.37. The number of rotatable bonds is 2. The highest BCUT2D eigenvalue weighted by atomic mass is 16.5. The molecular weight excluding hydrogens is 184 g/mol. The van der Waals surface area contributed by atoms with Gasteiger partial charge in [0.2, 0.25) is 5.88 Å². The van der Waals surface area contributed by atoms with Crippen molar-refractivity contribution in [2.75, 3.05) is 7.11 Å². The molecule has 14 heavy (non-hydrogen) atoms. The normalized spacial score (nSPS) is 9.93. The van der Waals surface area contributed by atoms with E-state index in [0.717, 1.165) is 0 Å². The maximum absolute atomic E-state index is 11.0. The highest BCUT2D eigenvalue weighted by Gasteiger charge is 2.13. The van der Waals surface area contributed by atoms with E-state index in [1.807, 2.05) is 0 Å². The van der Waals surface area contributed by atoms with Gasteiger partial charge in [0.25, 0.3) is 0 Å². The average Bonchev–Trinajstić information content (AvgIpc) is 2.10. The summed E-state index contributed by atoms with van der Waals surface area (Å²) in [7, 11) is 1.30. The van der Waals surface area contributed by atoms with E-state index in [9.17, 15) is 9.90 Å². The van der Waals surface area contributed by atoms with E-state index in [1.54, 1.807) is 13.8 Å². The van der Waals surface area contributed by atoms with Gasteiger partial charge in [-0.05, 0) is 13.8 Å². The maximum atomic E-state index is 11.0. The van der Waals surface area contributed by atoms with Gasteiger partial charge in [-0.1, -0.05) is 0 Å². The van der Waals surface area contributed by atoms with Crippen molar-refractivity contribution in [2.45, 2.75) is 20.3 Å². The van der Waals surface area contributed by atoms with Crippen molar-refractivity contribution in [3.05, 3.63) is 17.1 Å². The van der Waals surface area contributed by atoms with Crippen LogP contribution in [0.2, 0.25) is 0 Å². The van der Waals surface area contributed by atoms with Crippen LogP contribution in [0.3, 0.4) is 0 Å². The van der Waals surface area contributed by atoms with E-state index < -0.39 is 5.97 Å². The Bertz CT molecular complexity index is 340. The molecule has 0 unspecified atom stereocenters. The molecule has 5 nitrogen and oxygen atoms in total. The highest BCUT2D eigenvalue weighted by Crippen LogP contribution is 2.17. The molecule has 0 bridgehead atoms. The number of aromatic hydroxyl groups is 1. The Hall–Kier alpha value is -1.65. The van der Waals surface area contributed by atoms with Gasteiger partial charge in [0, 0.05) is 11.3 Å². The predicted octanol–water partition coefficient (Wildman–Crippen LogP) is 0.515. The molecule has 0 saturated heterocycles. The van der Waals surface area contributed by atoms with E-state index in [2.05, 4.69) is 14.7 Å². The zero-order chi connectivity index (χ0) is 10.7. The van der Waals surface area contributed by atoms with Crippen molar-refractivity contribution in [2.24, 2.45) is 0 Å². The van der Waals surface area contributed by atoms with Crippen molar-refractivity contribution < 1.29 is 14.6 Å². The number of hydrogen-bond donors (Lipinski definition) is 1. The molecule has 1 aromatic rings. The lowest BCUT2D eigenvalue weighted by Crippen LogP contribution is -2.08. The standard InChI is InChI=1S/C9H12N2O3/c1-5-7(4-8(12)14-3)9(13)11-6(2)10-5/h4H2,1-3H3,(H,10,11,13). The minimum absolute atomic E-state index is 0.00551. The predicted molar refractivity (Wildman–Crippen MR) is 48.9 cm³/mol. The molecule has 1 N–H and O–H groups in total. The van der Waals surface area contributed by atoms with Crippen molar-refractivity contribution in [1.29, 1.82) is 0 Å². The van der Waals surface area contributed by atoms with Gasteiger partial charge in [-0.15, -0.1) is 0 Å². The SMILES string of the molecule is COC(=O)Cc1c(C)nc(C)nc1O. The summed E-state index contributed by atoms with van der Waals surface area (Å²) in [5.74, 6) is -0.0927. The molecular formula is C9H12N2O3. The van der Waals surface area contributed by atoms with Crippen LogP contribution in [-0.2, 0) is 16.0 Å². The van der Waals surface area contributed by atoms with Crippen molar-refractivity contribution in [3.63, 3.8) is 0 Å². The molecule has 5 heteroatoms. The average molecular weight is 196 g/mol. The maximum Gasteiger partial charge on any atom is 0.310 e. The molecule has 76 valence electrons. The number of ether oxygens (including phenoxy) is 1. The second-order valence-corrected chi connectivity index (χ2v) is 2.91. The summed E-state index contributed by atoms with van der Waals surface area (Å²) >= 11 is 0. The van der Waals surface area contributed by atoms with Crippen LogP contribution in [0.1, 0.15) is 17.1 Å². The second kappa shape index (κ2) is 4.04. The number of methoxy groups -OCH3 is 1. The topological polar surface area (TPSA) is 72.3 Å². The molecule has 0 aliphatic carbocycles. The molecule has 0 radical (unpaired) electrons. The third-order valence-electron chi connectivity index (χ3n) is 1.85. The fourth-order valence-corrected chi connectivity index (χ4v) is 1.14. The van der Waals surface area contributed by atoms with Gasteiger partial charge in [-0.2, -0.15) is 4.98 Å². The molecule has 0 saturated carbocycles. The molecule has 0 aliphatic rings. The Morgan fingerprint density at radius 3 is 2.57 bits per heavy atom. The number of hydrogen-bond acceptors (Lipinski definition) is 5. The number of aromatic nitrogens is 2. The summed E-state index contributed by atoms with van der Waals surface area (Å²) in [6.45, 7) is 3.39. The van der Waals surface area contributed by atoms with Crippen LogP contribution >= 0.6 is 0 Å². The van der Waals surface area contributed by atoms with Gasteiger partial charge in [0.1, 0.15) is 5.82 Å².